The van der Waals surface area contributed by atoms with Crippen molar-refractivity contribution in [3.05, 3.63) is 0 Å². The number of hydrogen-bond donors (Lipinski definition) is 2. The van der Waals surface area contributed by atoms with Gasteiger partial charge >= 0.3 is 0 Å². The van der Waals surface area contributed by atoms with Gasteiger partial charge in [-0.15, -0.1) is 0 Å². The van der Waals surface area contributed by atoms with Crippen LogP contribution in [0, 0.1) is 0 Å². The molecular formula is C14H31N3O2. The zero-order chi connectivity index (χ0) is 14.6. The number of ether oxygens (including phenoxy) is 2. The van der Waals surface area contributed by atoms with Gasteiger partial charge in [-0.05, 0) is 40.0 Å². The molecule has 0 atom stereocenters. The van der Waals surface area contributed by atoms with Crippen molar-refractivity contribution < 1.29 is 9.47 Å². The summed E-state index contributed by atoms with van der Waals surface area (Å²) in [4.78, 5) is 4.53. The highest BCUT2D eigenvalue weighted by atomic mass is 16.5. The first-order chi connectivity index (χ1) is 9.05. The van der Waals surface area contributed by atoms with Gasteiger partial charge in [0, 0.05) is 33.9 Å². The number of unbranched alkanes of at least 4 members (excludes halogenated alkanes) is 2. The Balaban J connectivity index is 3.94. The molecule has 0 aliphatic carbocycles. The third-order valence-corrected chi connectivity index (χ3v) is 2.83. The Bertz CT molecular complexity index is 243. The first-order valence-corrected chi connectivity index (χ1v) is 7.12. The Morgan fingerprint density at radius 3 is 2.42 bits per heavy atom. The minimum atomic E-state index is -0.221. The van der Waals surface area contributed by atoms with Crippen LogP contribution in [0.1, 0.15) is 40.0 Å². The molecule has 0 rings (SSSR count). The van der Waals surface area contributed by atoms with Gasteiger partial charge in [-0.25, -0.2) is 0 Å². The maximum Gasteiger partial charge on any atom is 0.191 e. The number of methoxy groups -OCH3 is 2. The number of guanidine groups is 1. The van der Waals surface area contributed by atoms with Gasteiger partial charge in [0.1, 0.15) is 0 Å². The maximum absolute atomic E-state index is 5.36. The summed E-state index contributed by atoms with van der Waals surface area (Å²) in [6.45, 7) is 9.41. The van der Waals surface area contributed by atoms with Gasteiger partial charge in [0.15, 0.2) is 5.96 Å². The van der Waals surface area contributed by atoms with E-state index < -0.39 is 0 Å². The van der Waals surface area contributed by atoms with Crippen molar-refractivity contribution in [1.29, 1.82) is 0 Å². The average Bonchev–Trinajstić information content (AvgIpc) is 2.40. The first-order valence-electron chi connectivity index (χ1n) is 7.12. The van der Waals surface area contributed by atoms with Gasteiger partial charge in [-0.3, -0.25) is 4.99 Å². The summed E-state index contributed by atoms with van der Waals surface area (Å²) in [6.07, 6.45) is 3.41. The van der Waals surface area contributed by atoms with Gasteiger partial charge < -0.3 is 20.1 Å². The monoisotopic (exact) mass is 273 g/mol. The molecule has 0 aromatic heterocycles. The Hall–Kier alpha value is -0.810. The molecule has 0 aromatic carbocycles. The molecular weight excluding hydrogens is 242 g/mol. The first kappa shape index (κ1) is 18.2. The van der Waals surface area contributed by atoms with Gasteiger partial charge in [0.25, 0.3) is 0 Å². The van der Waals surface area contributed by atoms with Crippen molar-refractivity contribution in [3.63, 3.8) is 0 Å². The van der Waals surface area contributed by atoms with Crippen LogP contribution < -0.4 is 10.6 Å². The Labute approximate surface area is 118 Å². The van der Waals surface area contributed by atoms with E-state index in [4.69, 9.17) is 9.47 Å². The van der Waals surface area contributed by atoms with E-state index >= 15 is 0 Å². The molecule has 0 bridgehead atoms. The fourth-order valence-corrected chi connectivity index (χ4v) is 1.43. The molecule has 0 unspecified atom stereocenters. The molecule has 0 heterocycles. The molecule has 5 nitrogen and oxygen atoms in total. The topological polar surface area (TPSA) is 54.9 Å². The molecule has 2 N–H and O–H groups in total. The van der Waals surface area contributed by atoms with E-state index in [1.54, 1.807) is 14.2 Å². The van der Waals surface area contributed by atoms with Crippen molar-refractivity contribution >= 4 is 5.96 Å². The molecule has 0 aliphatic rings. The average molecular weight is 273 g/mol. The van der Waals surface area contributed by atoms with Crippen molar-refractivity contribution in [1.82, 2.24) is 10.6 Å². The van der Waals surface area contributed by atoms with Gasteiger partial charge in [-0.1, -0.05) is 0 Å². The summed E-state index contributed by atoms with van der Waals surface area (Å²) in [7, 11) is 3.46. The molecule has 0 amide bonds. The minimum absolute atomic E-state index is 0.221. The molecule has 0 aromatic rings. The minimum Gasteiger partial charge on any atom is -0.385 e. The molecule has 19 heavy (non-hydrogen) atoms. The lowest BCUT2D eigenvalue weighted by atomic mass is 10.1. The number of rotatable bonds is 10. The third-order valence-electron chi connectivity index (χ3n) is 2.83. The second-order valence-electron chi connectivity index (χ2n) is 5.14. The van der Waals surface area contributed by atoms with Crippen LogP contribution in [0.5, 0.6) is 0 Å². The number of nitrogens with zero attached hydrogens (tertiary/aromatic N) is 1. The molecule has 0 saturated carbocycles. The highest BCUT2D eigenvalue weighted by Crippen LogP contribution is 2.06. The summed E-state index contributed by atoms with van der Waals surface area (Å²) in [6, 6.07) is 0. The van der Waals surface area contributed by atoms with Gasteiger partial charge in [0.05, 0.1) is 12.1 Å². The van der Waals surface area contributed by atoms with Crippen LogP contribution in [-0.4, -0.2) is 52.0 Å². The summed E-state index contributed by atoms with van der Waals surface area (Å²) in [5.74, 6) is 0.861. The quantitative estimate of drug-likeness (QED) is 0.362. The fraction of sp³-hybridized carbons (Fsp3) is 0.929. The zero-order valence-electron chi connectivity index (χ0n) is 13.2. The van der Waals surface area contributed by atoms with Crippen LogP contribution in [0.2, 0.25) is 0 Å². The van der Waals surface area contributed by atoms with E-state index in [2.05, 4.69) is 22.5 Å². The summed E-state index contributed by atoms with van der Waals surface area (Å²) < 4.78 is 10.4. The predicted molar refractivity (Wildman–Crippen MR) is 80.8 cm³/mol. The summed E-state index contributed by atoms with van der Waals surface area (Å²) >= 11 is 0. The predicted octanol–water partition coefficient (Wildman–Crippen LogP) is 1.78. The van der Waals surface area contributed by atoms with Gasteiger partial charge in [0.2, 0.25) is 0 Å². The maximum atomic E-state index is 5.36. The van der Waals surface area contributed by atoms with E-state index in [-0.39, 0.29) is 5.60 Å². The summed E-state index contributed by atoms with van der Waals surface area (Å²) in [5.41, 5.74) is -0.221. The van der Waals surface area contributed by atoms with Crippen LogP contribution in [0.15, 0.2) is 4.99 Å². The van der Waals surface area contributed by atoms with E-state index in [9.17, 15) is 0 Å². The van der Waals surface area contributed by atoms with Crippen LogP contribution in [0.4, 0.5) is 0 Å². The molecule has 0 aliphatic heterocycles. The normalized spacial score (nSPS) is 12.6. The zero-order valence-corrected chi connectivity index (χ0v) is 13.2. The fourth-order valence-electron chi connectivity index (χ4n) is 1.43. The van der Waals surface area contributed by atoms with Crippen molar-refractivity contribution in [2.24, 2.45) is 4.99 Å². The standard InChI is InChI=1S/C14H31N3O2/c1-6-15-13(17-12-14(2,3)19-5)16-10-8-7-9-11-18-4/h6-12H2,1-5H3,(H2,15,16,17). The lowest BCUT2D eigenvalue weighted by molar-refractivity contribution is 0.0310. The van der Waals surface area contributed by atoms with E-state index in [1.807, 2.05) is 13.8 Å². The van der Waals surface area contributed by atoms with Gasteiger partial charge in [-0.2, -0.15) is 0 Å². The smallest absolute Gasteiger partial charge is 0.191 e. The van der Waals surface area contributed by atoms with E-state index in [0.29, 0.717) is 6.54 Å². The number of nitrogens with one attached hydrogen (secondary N) is 2. The highest BCUT2D eigenvalue weighted by molar-refractivity contribution is 5.79. The molecule has 0 radical (unpaired) electrons. The molecule has 0 saturated heterocycles. The number of aliphatic imine (C=N–C) groups is 1. The molecule has 5 heteroatoms. The lowest BCUT2D eigenvalue weighted by Gasteiger charge is -2.21. The highest BCUT2D eigenvalue weighted by Gasteiger charge is 2.15. The largest absolute Gasteiger partial charge is 0.385 e. The Kier molecular flexibility index (Phi) is 10.6. The van der Waals surface area contributed by atoms with Crippen LogP contribution in [0.3, 0.4) is 0 Å². The third kappa shape index (κ3) is 10.8. The van der Waals surface area contributed by atoms with Crippen LogP contribution >= 0.6 is 0 Å². The Morgan fingerprint density at radius 1 is 1.11 bits per heavy atom. The number of hydrogen-bond acceptors (Lipinski definition) is 3. The summed E-state index contributed by atoms with van der Waals surface area (Å²) in [5, 5.41) is 6.58. The second-order valence-corrected chi connectivity index (χ2v) is 5.14. The molecule has 114 valence electrons. The molecule has 0 spiro atoms. The van der Waals surface area contributed by atoms with Crippen molar-refractivity contribution in [2.45, 2.75) is 45.6 Å². The van der Waals surface area contributed by atoms with E-state index in [1.165, 1.54) is 6.42 Å². The van der Waals surface area contributed by atoms with Crippen molar-refractivity contribution in [3.8, 4) is 0 Å². The van der Waals surface area contributed by atoms with Crippen LogP contribution in [-0.2, 0) is 9.47 Å². The van der Waals surface area contributed by atoms with Crippen LogP contribution in [0.25, 0.3) is 0 Å². The molecule has 0 fully saturated rings. The van der Waals surface area contributed by atoms with Crippen molar-refractivity contribution in [2.75, 3.05) is 40.5 Å². The lowest BCUT2D eigenvalue weighted by Crippen LogP contribution is -2.39. The Morgan fingerprint density at radius 2 is 1.84 bits per heavy atom. The second kappa shape index (κ2) is 11.1. The SMILES string of the molecule is CCNC(=NCC(C)(C)OC)NCCCCCOC. The van der Waals surface area contributed by atoms with E-state index in [0.717, 1.165) is 38.5 Å².